The number of hydrogen-bond acceptors (Lipinski definition) is 10. The summed E-state index contributed by atoms with van der Waals surface area (Å²) in [4.78, 5) is 25.5. The number of alkyl halides is 10. The fourth-order valence-electron chi connectivity index (χ4n) is 6.11. The highest BCUT2D eigenvalue weighted by Crippen LogP contribution is 2.35. The van der Waals surface area contributed by atoms with Crippen LogP contribution < -0.4 is 30.4 Å². The topological polar surface area (TPSA) is 142 Å². The fraction of sp³-hybridized carbons (Fsp3) is 0.265. The first kappa shape index (κ1) is 52.6. The van der Waals surface area contributed by atoms with Gasteiger partial charge >= 0.3 is 36.5 Å². The quantitative estimate of drug-likeness (QED) is 0.0214. The molecule has 0 unspecified atom stereocenters. The second-order valence-electron chi connectivity index (χ2n) is 15.1. The van der Waals surface area contributed by atoms with Gasteiger partial charge in [-0.05, 0) is 127 Å². The molecule has 0 aromatic heterocycles. The maximum atomic E-state index is 14.9. The highest BCUT2D eigenvalue weighted by molar-refractivity contribution is 5.87. The normalized spacial score (nSPS) is 12.7. The summed E-state index contributed by atoms with van der Waals surface area (Å²) in [5.74, 6) is -2.60. The van der Waals surface area contributed by atoms with Gasteiger partial charge in [0.15, 0.2) is 0 Å². The molecule has 0 atom stereocenters. The van der Waals surface area contributed by atoms with Crippen LogP contribution in [0.1, 0.15) is 59.4 Å². The van der Waals surface area contributed by atoms with Crippen LogP contribution in [-0.2, 0) is 31.3 Å². The lowest BCUT2D eigenvalue weighted by Crippen LogP contribution is -2.21. The first-order valence-corrected chi connectivity index (χ1v) is 20.8. The molecule has 0 heterocycles. The number of rotatable bonds is 23. The molecular formula is C49H44F10N2O8. The molecule has 0 radical (unpaired) electrons. The van der Waals surface area contributed by atoms with E-state index < -0.39 is 66.4 Å². The van der Waals surface area contributed by atoms with Gasteiger partial charge < -0.3 is 39.9 Å². The molecule has 0 amide bonds. The van der Waals surface area contributed by atoms with Crippen molar-refractivity contribution in [1.29, 1.82) is 0 Å². The van der Waals surface area contributed by atoms with Crippen molar-refractivity contribution < 1.29 is 81.9 Å². The maximum absolute atomic E-state index is 14.9. The molecule has 368 valence electrons. The Hall–Kier alpha value is -7.38. The molecule has 5 rings (SSSR count). The number of anilines is 2. The predicted molar refractivity (Wildman–Crippen MR) is 234 cm³/mol. The number of esters is 2. The Bertz CT molecular complexity index is 2350. The molecule has 0 fully saturated rings. The first-order chi connectivity index (χ1) is 32.5. The van der Waals surface area contributed by atoms with Gasteiger partial charge in [-0.25, -0.2) is 9.59 Å². The van der Waals surface area contributed by atoms with Crippen LogP contribution in [-0.4, -0.2) is 50.7 Å². The van der Waals surface area contributed by atoms with Crippen LogP contribution in [0.25, 0.3) is 12.2 Å². The number of carbonyl (C=O) groups is 2. The third kappa shape index (κ3) is 18.0. The Morgan fingerprint density at radius 3 is 1.25 bits per heavy atom. The van der Waals surface area contributed by atoms with Gasteiger partial charge in [-0.2, -0.15) is 43.9 Å². The smallest absolute Gasteiger partial charge is 0.426 e. The standard InChI is InChI=1S/C49H44F10N2O8/c50-46(51,52)25-1-27-64-38-18-9-35(10-19-38)48(56,57)68-40-14-3-32(4-15-40)7-23-44(62)66-30-34(42-22-13-37(60)29-43(42)61)31-67-45(63)24-8-33-5-16-41(17-6-33)69-49(58,59)36-11-20-39(21-12-36)65-28-2-26-47(53,54)55/h3-24,29,34H,1-2,25-28,30-31,60-61H2. The van der Waals surface area contributed by atoms with Crippen molar-refractivity contribution in [1.82, 2.24) is 0 Å². The number of benzene rings is 5. The SMILES string of the molecule is Nc1ccc(C(COC(=O)C=Cc2ccc(OC(F)(F)c3ccc(OCCCC(F)(F)F)cc3)cc2)COC(=O)C=Cc2ccc(OC(F)(F)c3ccc(OCCCC(F)(F)F)cc3)cc2)c(N)c1. The number of nitrogens with two attached hydrogens (primary N) is 2. The molecule has 5 aromatic rings. The number of nitrogen functional groups attached to an aromatic ring is 2. The van der Waals surface area contributed by atoms with E-state index in [0.717, 1.165) is 36.4 Å². The lowest BCUT2D eigenvalue weighted by molar-refractivity contribution is -0.186. The number of halogens is 10. The van der Waals surface area contributed by atoms with Crippen molar-refractivity contribution in [2.45, 2.75) is 56.2 Å². The fourth-order valence-corrected chi connectivity index (χ4v) is 6.11. The molecule has 0 saturated heterocycles. The molecule has 20 heteroatoms. The Balaban J connectivity index is 1.09. The van der Waals surface area contributed by atoms with Crippen LogP contribution in [0, 0.1) is 0 Å². The van der Waals surface area contributed by atoms with E-state index in [1.807, 2.05) is 0 Å². The van der Waals surface area contributed by atoms with Crippen molar-refractivity contribution in [3.8, 4) is 23.0 Å². The Labute approximate surface area is 389 Å². The lowest BCUT2D eigenvalue weighted by Gasteiger charge is -2.19. The van der Waals surface area contributed by atoms with Crippen LogP contribution in [0.15, 0.2) is 127 Å². The molecule has 0 aliphatic carbocycles. The van der Waals surface area contributed by atoms with Crippen LogP contribution in [0.4, 0.5) is 55.3 Å². The summed E-state index contributed by atoms with van der Waals surface area (Å²) >= 11 is 0. The van der Waals surface area contributed by atoms with Crippen LogP contribution in [0.5, 0.6) is 23.0 Å². The second-order valence-corrected chi connectivity index (χ2v) is 15.1. The van der Waals surface area contributed by atoms with E-state index in [4.69, 9.17) is 39.9 Å². The van der Waals surface area contributed by atoms with Crippen LogP contribution >= 0.6 is 0 Å². The zero-order valence-electron chi connectivity index (χ0n) is 36.2. The third-order valence-corrected chi connectivity index (χ3v) is 9.61. The predicted octanol–water partition coefficient (Wildman–Crippen LogP) is 12.1. The summed E-state index contributed by atoms with van der Waals surface area (Å²) in [7, 11) is 0. The molecule has 4 N–H and O–H groups in total. The van der Waals surface area contributed by atoms with Crippen molar-refractivity contribution in [3.05, 3.63) is 155 Å². The lowest BCUT2D eigenvalue weighted by atomic mass is 9.98. The molecule has 5 aromatic carbocycles. The first-order valence-electron chi connectivity index (χ1n) is 20.8. The third-order valence-electron chi connectivity index (χ3n) is 9.61. The summed E-state index contributed by atoms with van der Waals surface area (Å²) in [6, 6.07) is 24.0. The minimum atomic E-state index is -4.33. The van der Waals surface area contributed by atoms with Gasteiger partial charge in [0.2, 0.25) is 0 Å². The van der Waals surface area contributed by atoms with Crippen molar-refractivity contribution in [3.63, 3.8) is 0 Å². The Morgan fingerprint density at radius 2 is 0.884 bits per heavy atom. The number of ether oxygens (including phenoxy) is 6. The second kappa shape index (κ2) is 23.6. The molecule has 0 bridgehead atoms. The summed E-state index contributed by atoms with van der Waals surface area (Å²) in [6.45, 7) is -1.11. The molecule has 0 aliphatic rings. The van der Waals surface area contributed by atoms with Crippen molar-refractivity contribution in [2.75, 3.05) is 37.9 Å². The van der Waals surface area contributed by atoms with Gasteiger partial charge in [0.05, 0.1) is 30.3 Å². The van der Waals surface area contributed by atoms with Gasteiger partial charge in [0.25, 0.3) is 0 Å². The average molecular weight is 979 g/mol. The highest BCUT2D eigenvalue weighted by atomic mass is 19.4. The molecule has 0 spiro atoms. The van der Waals surface area contributed by atoms with Gasteiger partial charge in [-0.1, -0.05) is 30.3 Å². The van der Waals surface area contributed by atoms with E-state index >= 15 is 0 Å². The molecule has 69 heavy (non-hydrogen) atoms. The monoisotopic (exact) mass is 978 g/mol. The maximum Gasteiger partial charge on any atom is 0.426 e. The average Bonchev–Trinajstić information content (AvgIpc) is 3.28. The van der Waals surface area contributed by atoms with E-state index in [1.54, 1.807) is 12.1 Å². The molecule has 0 saturated carbocycles. The number of hydrogen-bond donors (Lipinski definition) is 2. The van der Waals surface area contributed by atoms with Gasteiger partial charge in [0.1, 0.15) is 36.2 Å². The van der Waals surface area contributed by atoms with Gasteiger partial charge in [-0.15, -0.1) is 0 Å². The van der Waals surface area contributed by atoms with Crippen LogP contribution in [0.2, 0.25) is 0 Å². The zero-order valence-corrected chi connectivity index (χ0v) is 36.2. The molecular weight excluding hydrogens is 935 g/mol. The highest BCUT2D eigenvalue weighted by Gasteiger charge is 2.36. The summed E-state index contributed by atoms with van der Waals surface area (Å²) in [5.41, 5.74) is 12.8. The van der Waals surface area contributed by atoms with E-state index in [9.17, 15) is 53.5 Å². The minimum absolute atomic E-state index is 0.111. The van der Waals surface area contributed by atoms with E-state index in [1.165, 1.54) is 91.0 Å². The van der Waals surface area contributed by atoms with Crippen LogP contribution in [0.3, 0.4) is 0 Å². The largest absolute Gasteiger partial charge is 0.494 e. The summed E-state index contributed by atoms with van der Waals surface area (Å²) in [6.07, 6.45) is -14.0. The summed E-state index contributed by atoms with van der Waals surface area (Å²) in [5, 5.41) is 0. The van der Waals surface area contributed by atoms with E-state index in [2.05, 4.69) is 0 Å². The van der Waals surface area contributed by atoms with Gasteiger partial charge in [-0.3, -0.25) is 0 Å². The number of carbonyl (C=O) groups excluding carboxylic acids is 2. The zero-order chi connectivity index (χ0) is 50.2. The minimum Gasteiger partial charge on any atom is -0.494 e. The van der Waals surface area contributed by atoms with Crippen molar-refractivity contribution >= 4 is 35.5 Å². The van der Waals surface area contributed by atoms with Gasteiger partial charge in [0, 0.05) is 36.4 Å². The van der Waals surface area contributed by atoms with E-state index in [-0.39, 0.29) is 68.0 Å². The Morgan fingerprint density at radius 1 is 0.507 bits per heavy atom. The molecule has 0 aliphatic heterocycles. The van der Waals surface area contributed by atoms with E-state index in [0.29, 0.717) is 22.4 Å². The van der Waals surface area contributed by atoms with Crippen molar-refractivity contribution in [2.24, 2.45) is 0 Å². The molecule has 10 nitrogen and oxygen atoms in total. The summed E-state index contributed by atoms with van der Waals surface area (Å²) < 4.78 is 164. The Kier molecular flexibility index (Phi) is 18.0.